The first kappa shape index (κ1) is 19.4. The quantitative estimate of drug-likeness (QED) is 0.509. The summed E-state index contributed by atoms with van der Waals surface area (Å²) in [5.74, 6) is -1.32. The Morgan fingerprint density at radius 1 is 1.07 bits per heavy atom. The summed E-state index contributed by atoms with van der Waals surface area (Å²) in [6, 6.07) is 14.5. The van der Waals surface area contributed by atoms with Crippen LogP contribution in [0.2, 0.25) is 0 Å². The van der Waals surface area contributed by atoms with Gasteiger partial charge in [-0.3, -0.25) is 14.4 Å². The number of hydrogen-bond donors (Lipinski definition) is 2. The van der Waals surface area contributed by atoms with Crippen molar-refractivity contribution in [1.29, 1.82) is 0 Å². The summed E-state index contributed by atoms with van der Waals surface area (Å²) in [6.07, 6.45) is -0.957. The Labute approximate surface area is 162 Å². The first-order valence-electron chi connectivity index (χ1n) is 9.02. The molecule has 0 radical (unpaired) electrons. The van der Waals surface area contributed by atoms with Gasteiger partial charge < -0.3 is 15.0 Å². The highest BCUT2D eigenvalue weighted by molar-refractivity contribution is 6.11. The Morgan fingerprint density at radius 3 is 2.57 bits per heavy atom. The molecule has 0 aliphatic rings. The number of aryl methyl sites for hydroxylation is 2. The van der Waals surface area contributed by atoms with Gasteiger partial charge in [-0.25, -0.2) is 0 Å². The molecule has 6 nitrogen and oxygen atoms in total. The van der Waals surface area contributed by atoms with Crippen LogP contribution in [0, 0.1) is 13.8 Å². The first-order valence-corrected chi connectivity index (χ1v) is 9.02. The topological polar surface area (TPSA) is 88.3 Å². The van der Waals surface area contributed by atoms with E-state index in [1.54, 1.807) is 18.2 Å². The van der Waals surface area contributed by atoms with Crippen LogP contribution in [0.15, 0.2) is 48.5 Å². The Bertz CT molecular complexity index is 1050. The highest BCUT2D eigenvalue weighted by Crippen LogP contribution is 2.23. The van der Waals surface area contributed by atoms with Crippen LogP contribution < -0.4 is 5.32 Å². The van der Waals surface area contributed by atoms with Crippen LogP contribution in [0.25, 0.3) is 10.9 Å². The van der Waals surface area contributed by atoms with Crippen molar-refractivity contribution >= 4 is 28.6 Å². The fraction of sp³-hybridized carbons (Fsp3) is 0.227. The van der Waals surface area contributed by atoms with Crippen molar-refractivity contribution in [3.8, 4) is 0 Å². The summed E-state index contributed by atoms with van der Waals surface area (Å²) >= 11 is 0. The van der Waals surface area contributed by atoms with E-state index < -0.39 is 12.1 Å². The van der Waals surface area contributed by atoms with E-state index in [0.29, 0.717) is 11.1 Å². The third-order valence-electron chi connectivity index (χ3n) is 4.49. The number of H-pyrrole nitrogens is 1. The zero-order valence-corrected chi connectivity index (χ0v) is 16.0. The molecule has 1 aromatic heterocycles. The third-order valence-corrected chi connectivity index (χ3v) is 4.49. The van der Waals surface area contributed by atoms with Gasteiger partial charge in [0, 0.05) is 27.7 Å². The highest BCUT2D eigenvalue weighted by Gasteiger charge is 2.24. The van der Waals surface area contributed by atoms with Crippen molar-refractivity contribution in [2.24, 2.45) is 0 Å². The summed E-state index contributed by atoms with van der Waals surface area (Å²) in [5, 5.41) is 3.31. The summed E-state index contributed by atoms with van der Waals surface area (Å²) in [5.41, 5.74) is 3.50. The van der Waals surface area contributed by atoms with E-state index in [-0.39, 0.29) is 18.2 Å². The number of carbonyl (C=O) groups excluding carboxylic acids is 3. The Morgan fingerprint density at radius 2 is 1.82 bits per heavy atom. The molecule has 0 spiro atoms. The van der Waals surface area contributed by atoms with Crippen molar-refractivity contribution < 1.29 is 19.1 Å². The lowest BCUT2D eigenvalue weighted by Gasteiger charge is -2.13. The summed E-state index contributed by atoms with van der Waals surface area (Å²) < 4.78 is 5.23. The number of aromatic nitrogens is 1. The van der Waals surface area contributed by atoms with E-state index in [2.05, 4.69) is 10.3 Å². The molecule has 2 N–H and O–H groups in total. The number of nitrogens with one attached hydrogen (secondary N) is 2. The molecular weight excluding hydrogens is 356 g/mol. The largest absolute Gasteiger partial charge is 0.453 e. The molecule has 1 heterocycles. The van der Waals surface area contributed by atoms with E-state index in [9.17, 15) is 14.4 Å². The van der Waals surface area contributed by atoms with Crippen molar-refractivity contribution in [2.75, 3.05) is 6.54 Å². The minimum absolute atomic E-state index is 0.284. The predicted octanol–water partition coefficient (Wildman–Crippen LogP) is 3.33. The van der Waals surface area contributed by atoms with Crippen LogP contribution in [0.3, 0.4) is 0 Å². The Kier molecular flexibility index (Phi) is 5.59. The number of rotatable bonds is 6. The second-order valence-electron chi connectivity index (χ2n) is 6.72. The van der Waals surface area contributed by atoms with Gasteiger partial charge in [0.05, 0.1) is 0 Å². The number of Topliss-reactive ketones (excluding diaryl/α,β-unsaturated/α-hetero) is 1. The average molecular weight is 378 g/mol. The Hall–Kier alpha value is -3.41. The fourth-order valence-corrected chi connectivity index (χ4v) is 3.13. The molecule has 1 amide bonds. The van der Waals surface area contributed by atoms with Crippen molar-refractivity contribution in [2.45, 2.75) is 26.9 Å². The molecule has 28 heavy (non-hydrogen) atoms. The first-order chi connectivity index (χ1) is 13.4. The predicted molar refractivity (Wildman–Crippen MR) is 106 cm³/mol. The van der Waals surface area contributed by atoms with Gasteiger partial charge in [0.2, 0.25) is 5.78 Å². The van der Waals surface area contributed by atoms with Crippen molar-refractivity contribution in [1.82, 2.24) is 10.3 Å². The number of fused-ring (bicyclic) bond motifs is 1. The van der Waals surface area contributed by atoms with Crippen LogP contribution in [-0.2, 0) is 9.53 Å². The number of esters is 1. The minimum Gasteiger partial charge on any atom is -0.453 e. The number of amides is 1. The molecule has 2 aromatic carbocycles. The number of para-hydroxylation sites is 1. The Balaban J connectivity index is 1.61. The van der Waals surface area contributed by atoms with Crippen LogP contribution in [0.4, 0.5) is 0 Å². The fourth-order valence-electron chi connectivity index (χ4n) is 3.13. The average Bonchev–Trinajstić information content (AvgIpc) is 3.01. The normalized spacial score (nSPS) is 11.8. The SMILES string of the molecule is Cc1cccc(C(=O)NCC(=O)OC(C)C(=O)c2c(C)[nH]c3ccccc23)c1. The molecule has 3 aromatic rings. The molecule has 0 saturated carbocycles. The van der Waals surface area contributed by atoms with Crippen LogP contribution in [-0.4, -0.2) is 35.3 Å². The van der Waals surface area contributed by atoms with Crippen LogP contribution >= 0.6 is 0 Å². The minimum atomic E-state index is -0.957. The van der Waals surface area contributed by atoms with E-state index >= 15 is 0 Å². The third kappa shape index (κ3) is 4.11. The van der Waals surface area contributed by atoms with Gasteiger partial charge in [0.1, 0.15) is 6.54 Å². The molecule has 1 atom stereocenters. The van der Waals surface area contributed by atoms with Gasteiger partial charge in [0.25, 0.3) is 5.91 Å². The van der Waals surface area contributed by atoms with Crippen LogP contribution in [0.1, 0.15) is 38.9 Å². The molecular formula is C22H22N2O4. The van der Waals surface area contributed by atoms with E-state index in [0.717, 1.165) is 22.2 Å². The maximum absolute atomic E-state index is 12.8. The zero-order valence-electron chi connectivity index (χ0n) is 16.0. The smallest absolute Gasteiger partial charge is 0.326 e. The van der Waals surface area contributed by atoms with Gasteiger partial charge in [-0.05, 0) is 39.0 Å². The molecule has 0 bridgehead atoms. The molecule has 0 fully saturated rings. The molecule has 0 aliphatic heterocycles. The summed E-state index contributed by atoms with van der Waals surface area (Å²) in [7, 11) is 0. The lowest BCUT2D eigenvalue weighted by atomic mass is 10.0. The van der Waals surface area contributed by atoms with E-state index in [1.165, 1.54) is 6.92 Å². The second-order valence-corrected chi connectivity index (χ2v) is 6.72. The van der Waals surface area contributed by atoms with Gasteiger partial charge in [-0.2, -0.15) is 0 Å². The van der Waals surface area contributed by atoms with Crippen molar-refractivity contribution in [3.63, 3.8) is 0 Å². The van der Waals surface area contributed by atoms with Gasteiger partial charge in [0.15, 0.2) is 6.10 Å². The second kappa shape index (κ2) is 8.08. The standard InChI is InChI=1S/C22H22N2O4/c1-13-7-6-8-16(11-13)22(27)23-12-19(25)28-15(3)21(26)20-14(2)24-18-10-5-4-9-17(18)20/h4-11,15,24H,12H2,1-3H3,(H,23,27). The zero-order chi connectivity index (χ0) is 20.3. The van der Waals surface area contributed by atoms with Crippen molar-refractivity contribution in [3.05, 3.63) is 70.9 Å². The molecule has 6 heteroatoms. The number of carbonyl (C=O) groups is 3. The molecule has 0 saturated heterocycles. The van der Waals surface area contributed by atoms with E-state index in [1.807, 2.05) is 44.2 Å². The maximum atomic E-state index is 12.8. The maximum Gasteiger partial charge on any atom is 0.326 e. The monoisotopic (exact) mass is 378 g/mol. The number of aromatic amines is 1. The van der Waals surface area contributed by atoms with Crippen LogP contribution in [0.5, 0.6) is 0 Å². The molecule has 1 unspecified atom stereocenters. The summed E-state index contributed by atoms with van der Waals surface area (Å²) in [4.78, 5) is 40.1. The lowest BCUT2D eigenvalue weighted by Crippen LogP contribution is -2.34. The van der Waals surface area contributed by atoms with Gasteiger partial charge >= 0.3 is 5.97 Å². The number of ketones is 1. The summed E-state index contributed by atoms with van der Waals surface area (Å²) in [6.45, 7) is 4.91. The highest BCUT2D eigenvalue weighted by atomic mass is 16.5. The van der Waals surface area contributed by atoms with Gasteiger partial charge in [-0.15, -0.1) is 0 Å². The molecule has 0 aliphatic carbocycles. The lowest BCUT2D eigenvalue weighted by molar-refractivity contribution is -0.145. The van der Waals surface area contributed by atoms with Gasteiger partial charge in [-0.1, -0.05) is 35.9 Å². The number of ether oxygens (including phenoxy) is 1. The number of hydrogen-bond acceptors (Lipinski definition) is 4. The molecule has 144 valence electrons. The van der Waals surface area contributed by atoms with E-state index in [4.69, 9.17) is 4.74 Å². The number of benzene rings is 2. The molecule has 3 rings (SSSR count).